The molecule has 0 radical (unpaired) electrons. The van der Waals surface area contributed by atoms with E-state index in [0.29, 0.717) is 17.6 Å². The van der Waals surface area contributed by atoms with Gasteiger partial charge >= 0.3 is 0 Å². The van der Waals surface area contributed by atoms with Crippen LogP contribution in [0.25, 0.3) is 0 Å². The van der Waals surface area contributed by atoms with Crippen LogP contribution < -0.4 is 15.4 Å². The normalized spacial score (nSPS) is 17.8. The van der Waals surface area contributed by atoms with Crippen LogP contribution in [0.1, 0.15) is 36.6 Å². The lowest BCUT2D eigenvalue weighted by atomic mass is 10.0. The van der Waals surface area contributed by atoms with E-state index in [0.717, 1.165) is 29.8 Å². The zero-order valence-electron chi connectivity index (χ0n) is 14.8. The number of halogens is 1. The van der Waals surface area contributed by atoms with Crippen LogP contribution in [0.4, 0.5) is 0 Å². The molecule has 0 saturated carbocycles. The molecule has 0 aromatic heterocycles. The number of hydrogen-bond acceptors (Lipinski definition) is 3. The molecule has 138 valence electrons. The van der Waals surface area contributed by atoms with Gasteiger partial charge in [-0.05, 0) is 30.7 Å². The topological polar surface area (TPSA) is 65.9 Å². The maximum absolute atomic E-state index is 10.4. The number of hydrogen-bond donors (Lipinski definition) is 3. The monoisotopic (exact) mass is 373 g/mol. The summed E-state index contributed by atoms with van der Waals surface area (Å²) in [6.07, 6.45) is 0.157. The second-order valence-electron chi connectivity index (χ2n) is 6.16. The molecule has 0 saturated heterocycles. The highest BCUT2D eigenvalue weighted by atomic mass is 35.5. The maximum Gasteiger partial charge on any atom is 0.191 e. The largest absolute Gasteiger partial charge is 0.493 e. The van der Waals surface area contributed by atoms with Crippen molar-refractivity contribution in [1.82, 2.24) is 10.6 Å². The van der Waals surface area contributed by atoms with Gasteiger partial charge in [0.15, 0.2) is 5.96 Å². The standard InChI is InChI=1S/C20H24ClN3O2/c1-2-22-20(23-13-18(25)14-6-5-7-15(21)12-14)24-17-10-11-26-19-9-4-3-8-16(17)19/h3-9,12,17-18,25H,2,10-11,13H2,1H3,(H2,22,23,24). The van der Waals surface area contributed by atoms with Crippen LogP contribution in [-0.2, 0) is 0 Å². The van der Waals surface area contributed by atoms with E-state index in [-0.39, 0.29) is 12.6 Å². The Morgan fingerprint density at radius 2 is 2.15 bits per heavy atom. The molecule has 0 fully saturated rings. The van der Waals surface area contributed by atoms with Crippen molar-refractivity contribution in [3.63, 3.8) is 0 Å². The molecule has 5 nitrogen and oxygen atoms in total. The van der Waals surface area contributed by atoms with Crippen molar-refractivity contribution in [2.75, 3.05) is 19.7 Å². The van der Waals surface area contributed by atoms with Crippen molar-refractivity contribution in [1.29, 1.82) is 0 Å². The van der Waals surface area contributed by atoms with Crippen LogP contribution in [0.2, 0.25) is 5.02 Å². The molecule has 0 amide bonds. The van der Waals surface area contributed by atoms with Gasteiger partial charge in [0.1, 0.15) is 5.75 Å². The number of rotatable bonds is 5. The first-order chi connectivity index (χ1) is 12.7. The quantitative estimate of drug-likeness (QED) is 0.554. The van der Waals surface area contributed by atoms with E-state index in [2.05, 4.69) is 21.7 Å². The van der Waals surface area contributed by atoms with Crippen molar-refractivity contribution in [3.05, 3.63) is 64.7 Å². The summed E-state index contributed by atoms with van der Waals surface area (Å²) < 4.78 is 5.71. The first-order valence-corrected chi connectivity index (χ1v) is 9.25. The molecular weight excluding hydrogens is 350 g/mol. The Labute approximate surface area is 159 Å². The summed E-state index contributed by atoms with van der Waals surface area (Å²) in [5.41, 5.74) is 1.88. The molecule has 1 aliphatic rings. The third-order valence-electron chi connectivity index (χ3n) is 4.27. The molecule has 26 heavy (non-hydrogen) atoms. The maximum atomic E-state index is 10.4. The van der Waals surface area contributed by atoms with E-state index in [1.165, 1.54) is 0 Å². The zero-order chi connectivity index (χ0) is 18.4. The highest BCUT2D eigenvalue weighted by Gasteiger charge is 2.22. The molecule has 1 heterocycles. The first-order valence-electron chi connectivity index (χ1n) is 8.87. The summed E-state index contributed by atoms with van der Waals surface area (Å²) in [5.74, 6) is 1.58. The Balaban J connectivity index is 1.70. The Morgan fingerprint density at radius 1 is 1.31 bits per heavy atom. The highest BCUT2D eigenvalue weighted by Crippen LogP contribution is 2.31. The van der Waals surface area contributed by atoms with Gasteiger partial charge in [-0.25, -0.2) is 0 Å². The van der Waals surface area contributed by atoms with Crippen molar-refractivity contribution in [2.24, 2.45) is 4.99 Å². The Kier molecular flexibility index (Phi) is 6.36. The third-order valence-corrected chi connectivity index (χ3v) is 4.50. The molecule has 0 spiro atoms. The summed E-state index contributed by atoms with van der Waals surface area (Å²) >= 11 is 5.99. The molecule has 1 aliphatic heterocycles. The average molecular weight is 374 g/mol. The molecule has 0 aliphatic carbocycles. The Bertz CT molecular complexity index is 766. The smallest absolute Gasteiger partial charge is 0.191 e. The molecule has 2 unspecified atom stereocenters. The van der Waals surface area contributed by atoms with E-state index in [1.807, 2.05) is 37.3 Å². The SMILES string of the molecule is CCNC(=NCC(O)c1cccc(Cl)c1)NC1CCOc2ccccc21. The minimum atomic E-state index is -0.703. The number of guanidine groups is 1. The molecule has 2 aromatic carbocycles. The number of aliphatic hydroxyl groups is 1. The number of fused-ring (bicyclic) bond motifs is 1. The van der Waals surface area contributed by atoms with Gasteiger partial charge < -0.3 is 20.5 Å². The zero-order valence-corrected chi connectivity index (χ0v) is 15.5. The average Bonchev–Trinajstić information content (AvgIpc) is 2.66. The molecule has 3 N–H and O–H groups in total. The fourth-order valence-corrected chi connectivity index (χ4v) is 3.17. The molecule has 2 aromatic rings. The third kappa shape index (κ3) is 4.68. The molecule has 3 rings (SSSR count). The Hall–Kier alpha value is -2.24. The van der Waals surface area contributed by atoms with E-state index < -0.39 is 6.10 Å². The molecule has 2 atom stereocenters. The summed E-state index contributed by atoms with van der Waals surface area (Å²) in [5, 5.41) is 17.7. The second-order valence-corrected chi connectivity index (χ2v) is 6.60. The van der Waals surface area contributed by atoms with Gasteiger partial charge in [-0.15, -0.1) is 0 Å². The van der Waals surface area contributed by atoms with Gasteiger partial charge in [0, 0.05) is 23.6 Å². The summed E-state index contributed by atoms with van der Waals surface area (Å²) in [7, 11) is 0. The number of nitrogens with zero attached hydrogens (tertiary/aromatic N) is 1. The lowest BCUT2D eigenvalue weighted by Gasteiger charge is -2.28. The van der Waals surface area contributed by atoms with Gasteiger partial charge in [0.2, 0.25) is 0 Å². The van der Waals surface area contributed by atoms with E-state index in [1.54, 1.807) is 12.1 Å². The van der Waals surface area contributed by atoms with Crippen molar-refractivity contribution in [2.45, 2.75) is 25.5 Å². The van der Waals surface area contributed by atoms with Gasteiger partial charge in [-0.2, -0.15) is 0 Å². The van der Waals surface area contributed by atoms with E-state index in [4.69, 9.17) is 16.3 Å². The number of nitrogens with one attached hydrogen (secondary N) is 2. The number of aliphatic imine (C=N–C) groups is 1. The number of para-hydroxylation sites is 1. The van der Waals surface area contributed by atoms with Crippen LogP contribution in [0.5, 0.6) is 5.75 Å². The van der Waals surface area contributed by atoms with Gasteiger partial charge in [0.05, 0.1) is 25.3 Å². The fraction of sp³-hybridized carbons (Fsp3) is 0.350. The number of benzene rings is 2. The van der Waals surface area contributed by atoms with E-state index >= 15 is 0 Å². The van der Waals surface area contributed by atoms with Gasteiger partial charge in [-0.3, -0.25) is 4.99 Å². The van der Waals surface area contributed by atoms with Crippen molar-refractivity contribution >= 4 is 17.6 Å². The number of aliphatic hydroxyl groups excluding tert-OH is 1. The van der Waals surface area contributed by atoms with Crippen LogP contribution in [-0.4, -0.2) is 30.8 Å². The second kappa shape index (κ2) is 8.92. The minimum Gasteiger partial charge on any atom is -0.493 e. The number of ether oxygens (including phenoxy) is 1. The summed E-state index contributed by atoms with van der Waals surface area (Å²) in [6, 6.07) is 15.4. The predicted molar refractivity (Wildman–Crippen MR) is 105 cm³/mol. The predicted octanol–water partition coefficient (Wildman–Crippen LogP) is 3.45. The molecule has 6 heteroatoms. The summed E-state index contributed by atoms with van der Waals surface area (Å²) in [4.78, 5) is 4.55. The van der Waals surface area contributed by atoms with Crippen molar-refractivity contribution in [3.8, 4) is 5.75 Å². The van der Waals surface area contributed by atoms with Crippen LogP contribution >= 0.6 is 11.6 Å². The van der Waals surface area contributed by atoms with Crippen molar-refractivity contribution < 1.29 is 9.84 Å². The minimum absolute atomic E-state index is 0.126. The van der Waals surface area contributed by atoms with Crippen LogP contribution in [0, 0.1) is 0 Å². The van der Waals surface area contributed by atoms with Crippen LogP contribution in [0.3, 0.4) is 0 Å². The van der Waals surface area contributed by atoms with Gasteiger partial charge in [-0.1, -0.05) is 41.9 Å². The molecular formula is C20H24ClN3O2. The Morgan fingerprint density at radius 3 is 2.96 bits per heavy atom. The van der Waals surface area contributed by atoms with E-state index in [9.17, 15) is 5.11 Å². The van der Waals surface area contributed by atoms with Crippen LogP contribution in [0.15, 0.2) is 53.5 Å². The molecule has 0 bridgehead atoms. The lowest BCUT2D eigenvalue weighted by molar-refractivity contribution is 0.187. The fourth-order valence-electron chi connectivity index (χ4n) is 2.97. The highest BCUT2D eigenvalue weighted by molar-refractivity contribution is 6.30. The van der Waals surface area contributed by atoms with Gasteiger partial charge in [0.25, 0.3) is 0 Å². The summed E-state index contributed by atoms with van der Waals surface area (Å²) in [6.45, 7) is 3.67. The lowest BCUT2D eigenvalue weighted by Crippen LogP contribution is -2.41. The first kappa shape index (κ1) is 18.5.